The first-order valence-corrected chi connectivity index (χ1v) is 9.44. The van der Waals surface area contributed by atoms with E-state index in [1.165, 1.54) is 18.2 Å². The van der Waals surface area contributed by atoms with E-state index in [9.17, 15) is 14.0 Å². The maximum absolute atomic E-state index is 13.2. The maximum Gasteiger partial charge on any atom is 0.325 e. The Bertz CT molecular complexity index is 831. The summed E-state index contributed by atoms with van der Waals surface area (Å²) in [7, 11) is 0. The quantitative estimate of drug-likeness (QED) is 0.839. The highest BCUT2D eigenvalue weighted by Gasteiger charge is 2.27. The van der Waals surface area contributed by atoms with Crippen LogP contribution in [-0.4, -0.2) is 45.4 Å². The molecule has 0 amide bonds. The van der Waals surface area contributed by atoms with Gasteiger partial charge in [-0.3, -0.25) is 19.6 Å². The minimum Gasteiger partial charge on any atom is -0.310 e. The van der Waals surface area contributed by atoms with Crippen molar-refractivity contribution in [1.29, 1.82) is 0 Å². The van der Waals surface area contributed by atoms with E-state index in [1.807, 2.05) is 12.1 Å². The minimum absolute atomic E-state index is 0.215. The van der Waals surface area contributed by atoms with Gasteiger partial charge in [0.2, 0.25) is 0 Å². The van der Waals surface area contributed by atoms with Crippen molar-refractivity contribution in [2.75, 3.05) is 19.6 Å². The first-order valence-electron chi connectivity index (χ1n) is 9.44. The van der Waals surface area contributed by atoms with Crippen molar-refractivity contribution < 1.29 is 4.39 Å². The minimum atomic E-state index is -0.467. The van der Waals surface area contributed by atoms with Crippen molar-refractivity contribution >= 4 is 0 Å². The second kappa shape index (κ2) is 8.63. The molecule has 1 fully saturated rings. The van der Waals surface area contributed by atoms with E-state index >= 15 is 0 Å². The molecule has 146 valence electrons. The molecule has 7 heteroatoms. The van der Waals surface area contributed by atoms with Crippen molar-refractivity contribution in [3.8, 4) is 0 Å². The van der Waals surface area contributed by atoms with Gasteiger partial charge in [0.1, 0.15) is 5.82 Å². The molecule has 0 spiro atoms. The Kier molecular flexibility index (Phi) is 6.23. The Morgan fingerprint density at radius 2 is 1.85 bits per heavy atom. The highest BCUT2D eigenvalue weighted by atomic mass is 19.1. The summed E-state index contributed by atoms with van der Waals surface area (Å²) in [6, 6.07) is 8.49. The standard InChI is InChI=1S/C20H27FN4O2/c1-14(2)18-13-24(12-17-10-19(26)23-20(27)22-17)8-3-9-25(18)11-15-4-6-16(21)7-5-15/h4-7,10,14,18H,3,8-9,11-13H2,1-2H3,(H2,22,23,26,27)/t18-/m1/s1. The zero-order valence-electron chi connectivity index (χ0n) is 15.9. The van der Waals surface area contributed by atoms with Crippen LogP contribution in [0.1, 0.15) is 31.5 Å². The monoisotopic (exact) mass is 374 g/mol. The molecule has 6 nitrogen and oxygen atoms in total. The van der Waals surface area contributed by atoms with Crippen LogP contribution in [-0.2, 0) is 13.1 Å². The van der Waals surface area contributed by atoms with Crippen LogP contribution in [0.4, 0.5) is 4.39 Å². The third-order valence-electron chi connectivity index (χ3n) is 5.11. The molecule has 0 aliphatic carbocycles. The predicted molar refractivity (Wildman–Crippen MR) is 103 cm³/mol. The number of rotatable bonds is 5. The van der Waals surface area contributed by atoms with E-state index in [4.69, 9.17) is 0 Å². The number of hydrogen-bond acceptors (Lipinski definition) is 4. The fraction of sp³-hybridized carbons (Fsp3) is 0.500. The molecule has 1 saturated heterocycles. The summed E-state index contributed by atoms with van der Waals surface area (Å²) in [5.41, 5.74) is 0.903. The number of hydrogen-bond donors (Lipinski definition) is 2. The van der Waals surface area contributed by atoms with Gasteiger partial charge in [0.25, 0.3) is 5.56 Å². The molecule has 1 aromatic carbocycles. The van der Waals surface area contributed by atoms with Crippen LogP contribution >= 0.6 is 0 Å². The van der Waals surface area contributed by atoms with E-state index < -0.39 is 5.69 Å². The van der Waals surface area contributed by atoms with Gasteiger partial charge in [-0.1, -0.05) is 26.0 Å². The van der Waals surface area contributed by atoms with Gasteiger partial charge in [-0.25, -0.2) is 9.18 Å². The van der Waals surface area contributed by atoms with Crippen molar-refractivity contribution in [3.05, 3.63) is 68.2 Å². The molecule has 0 bridgehead atoms. The molecular weight excluding hydrogens is 347 g/mol. The number of aromatic amines is 2. The Morgan fingerprint density at radius 3 is 2.52 bits per heavy atom. The number of nitrogens with zero attached hydrogens (tertiary/aromatic N) is 2. The van der Waals surface area contributed by atoms with Crippen LogP contribution in [0.15, 0.2) is 39.9 Å². The van der Waals surface area contributed by atoms with Crippen LogP contribution in [0.3, 0.4) is 0 Å². The lowest BCUT2D eigenvalue weighted by Crippen LogP contribution is -2.44. The van der Waals surface area contributed by atoms with Crippen molar-refractivity contribution in [3.63, 3.8) is 0 Å². The summed E-state index contributed by atoms with van der Waals surface area (Å²) in [5.74, 6) is 0.234. The van der Waals surface area contributed by atoms with Gasteiger partial charge in [-0.15, -0.1) is 0 Å². The first-order chi connectivity index (χ1) is 12.9. The lowest BCUT2D eigenvalue weighted by Gasteiger charge is -2.34. The highest BCUT2D eigenvalue weighted by Crippen LogP contribution is 2.21. The van der Waals surface area contributed by atoms with Crippen LogP contribution in [0.2, 0.25) is 0 Å². The fourth-order valence-corrected chi connectivity index (χ4v) is 3.78. The summed E-state index contributed by atoms with van der Waals surface area (Å²) < 4.78 is 13.2. The van der Waals surface area contributed by atoms with Crippen molar-refractivity contribution in [2.45, 2.75) is 39.4 Å². The second-order valence-corrected chi connectivity index (χ2v) is 7.61. The van der Waals surface area contributed by atoms with Crippen LogP contribution in [0.5, 0.6) is 0 Å². The Balaban J connectivity index is 1.73. The normalized spacial score (nSPS) is 19.3. The van der Waals surface area contributed by atoms with E-state index in [0.717, 1.165) is 38.2 Å². The zero-order valence-corrected chi connectivity index (χ0v) is 15.9. The molecular formula is C20H27FN4O2. The Morgan fingerprint density at radius 1 is 1.11 bits per heavy atom. The third-order valence-corrected chi connectivity index (χ3v) is 5.11. The predicted octanol–water partition coefficient (Wildman–Crippen LogP) is 1.93. The van der Waals surface area contributed by atoms with Crippen LogP contribution in [0, 0.1) is 11.7 Å². The summed E-state index contributed by atoms with van der Waals surface area (Å²) >= 11 is 0. The summed E-state index contributed by atoms with van der Waals surface area (Å²) in [6.07, 6.45) is 0.998. The van der Waals surface area contributed by atoms with Gasteiger partial charge in [-0.05, 0) is 36.6 Å². The molecule has 0 saturated carbocycles. The summed E-state index contributed by atoms with van der Waals surface area (Å²) in [6.45, 7) is 8.47. The number of aromatic nitrogens is 2. The molecule has 3 rings (SSSR count). The van der Waals surface area contributed by atoms with E-state index in [1.54, 1.807) is 0 Å². The van der Waals surface area contributed by atoms with Gasteiger partial charge < -0.3 is 4.98 Å². The van der Waals surface area contributed by atoms with E-state index in [-0.39, 0.29) is 11.4 Å². The van der Waals surface area contributed by atoms with Gasteiger partial charge in [-0.2, -0.15) is 0 Å². The average Bonchev–Trinajstić information content (AvgIpc) is 2.78. The van der Waals surface area contributed by atoms with Gasteiger partial charge in [0.05, 0.1) is 0 Å². The average molecular weight is 374 g/mol. The molecule has 2 aromatic rings. The van der Waals surface area contributed by atoms with Crippen LogP contribution < -0.4 is 11.2 Å². The first kappa shape index (κ1) is 19.5. The summed E-state index contributed by atoms with van der Waals surface area (Å²) in [4.78, 5) is 32.7. The number of benzene rings is 1. The SMILES string of the molecule is CC(C)[C@H]1CN(Cc2cc(=O)[nH]c(=O)[nH]2)CCCN1Cc1ccc(F)cc1. The number of H-pyrrole nitrogens is 2. The number of nitrogens with one attached hydrogen (secondary N) is 2. The molecule has 2 N–H and O–H groups in total. The Labute approximate surface area is 158 Å². The number of halogens is 1. The van der Waals surface area contributed by atoms with E-state index in [2.05, 4.69) is 33.6 Å². The summed E-state index contributed by atoms with van der Waals surface area (Å²) in [5, 5.41) is 0. The van der Waals surface area contributed by atoms with Gasteiger partial charge in [0.15, 0.2) is 0 Å². The Hall–Kier alpha value is -2.25. The van der Waals surface area contributed by atoms with Gasteiger partial charge in [0, 0.05) is 44.0 Å². The zero-order chi connectivity index (χ0) is 19.4. The van der Waals surface area contributed by atoms with Gasteiger partial charge >= 0.3 is 5.69 Å². The lowest BCUT2D eigenvalue weighted by atomic mass is 10.0. The van der Waals surface area contributed by atoms with E-state index in [0.29, 0.717) is 24.2 Å². The topological polar surface area (TPSA) is 72.2 Å². The molecule has 1 aliphatic rings. The molecule has 1 aromatic heterocycles. The van der Waals surface area contributed by atoms with Crippen LogP contribution in [0.25, 0.3) is 0 Å². The smallest absolute Gasteiger partial charge is 0.310 e. The fourth-order valence-electron chi connectivity index (χ4n) is 3.78. The molecule has 0 radical (unpaired) electrons. The molecule has 1 atom stereocenters. The molecule has 2 heterocycles. The maximum atomic E-state index is 13.2. The van der Waals surface area contributed by atoms with Crippen molar-refractivity contribution in [1.82, 2.24) is 19.8 Å². The molecule has 27 heavy (non-hydrogen) atoms. The largest absolute Gasteiger partial charge is 0.325 e. The van der Waals surface area contributed by atoms with Crippen molar-refractivity contribution in [2.24, 2.45) is 5.92 Å². The second-order valence-electron chi connectivity index (χ2n) is 7.61. The molecule has 0 unspecified atom stereocenters. The third kappa shape index (κ3) is 5.37. The highest BCUT2D eigenvalue weighted by molar-refractivity contribution is 5.16. The molecule has 1 aliphatic heterocycles. The lowest BCUT2D eigenvalue weighted by molar-refractivity contribution is 0.129.